The minimum atomic E-state index is -4.19. The van der Waals surface area contributed by atoms with Crippen molar-refractivity contribution in [2.75, 3.05) is 48.6 Å². The Hall–Kier alpha value is -3.85. The largest absolute Gasteiger partial charge is 0.871 e. The number of hydrogen-bond donors (Lipinski definition) is 2. The minimum absolute atomic E-state index is 0.00298. The maximum absolute atomic E-state index is 13.7. The van der Waals surface area contributed by atoms with Crippen LogP contribution in [0.3, 0.4) is 0 Å². The zero-order valence-electron chi connectivity index (χ0n) is 27.8. The summed E-state index contributed by atoms with van der Waals surface area (Å²) in [5.74, 6) is -0.504. The lowest BCUT2D eigenvalue weighted by Crippen LogP contribution is -2.43. The molecule has 1 atom stereocenters. The van der Waals surface area contributed by atoms with Gasteiger partial charge in [-0.2, -0.15) is 16.8 Å². The van der Waals surface area contributed by atoms with Crippen LogP contribution in [-0.4, -0.2) is 76.6 Å². The number of fused-ring (bicyclic) bond motifs is 2. The van der Waals surface area contributed by atoms with Gasteiger partial charge in [0.15, 0.2) is 5.78 Å². The van der Waals surface area contributed by atoms with Crippen molar-refractivity contribution in [2.45, 2.75) is 57.4 Å². The molecule has 14 heteroatoms. The second kappa shape index (κ2) is 12.6. The Labute approximate surface area is 281 Å². The first-order valence-corrected chi connectivity index (χ1v) is 18.7. The van der Waals surface area contributed by atoms with Crippen molar-refractivity contribution < 1.29 is 45.3 Å². The maximum atomic E-state index is 13.7. The topological polar surface area (TPSA) is 174 Å². The Bertz CT molecular complexity index is 1960. The Morgan fingerprint density at radius 2 is 1.40 bits per heavy atom. The summed E-state index contributed by atoms with van der Waals surface area (Å²) in [6, 6.07) is 10.5. The molecule has 2 aromatic rings. The number of carbonyl (C=O) groups excluding carboxylic acids is 1. The van der Waals surface area contributed by atoms with Crippen LogP contribution in [0, 0.1) is 0 Å². The van der Waals surface area contributed by atoms with Gasteiger partial charge in [0.1, 0.15) is 11.5 Å². The molecule has 12 nitrogen and oxygen atoms in total. The summed E-state index contributed by atoms with van der Waals surface area (Å²) in [5.41, 5.74) is 2.71. The first kappa shape index (κ1) is 35.5. The van der Waals surface area contributed by atoms with Crippen LogP contribution >= 0.6 is 0 Å². The molecular weight excluding hydrogens is 661 g/mol. The number of ketones is 1. The fraction of sp³-hybridized carbons (Fsp3) is 0.441. The van der Waals surface area contributed by atoms with Crippen molar-refractivity contribution in [3.8, 4) is 11.5 Å². The molecule has 2 aliphatic heterocycles. The van der Waals surface area contributed by atoms with Crippen LogP contribution < -0.4 is 24.4 Å². The molecule has 1 unspecified atom stereocenters. The van der Waals surface area contributed by atoms with Gasteiger partial charge in [0.2, 0.25) is 0 Å². The van der Waals surface area contributed by atoms with Crippen molar-refractivity contribution in [2.24, 2.45) is 0 Å². The fourth-order valence-corrected chi connectivity index (χ4v) is 7.97. The lowest BCUT2D eigenvalue weighted by atomic mass is 9.76. The number of allylic oxidation sites excluding steroid dienone is 4. The average molecular weight is 702 g/mol. The SMILES string of the molecule is COc1ccc2c(c1)C(C)(C)/C(=C\C1=C([O-])C(=CC3N(CCCS(=O)(=O)O)c4ccc(OC)cc4C3(C)C)C1=O)N2CCCS(=O)(=O)O. The lowest BCUT2D eigenvalue weighted by molar-refractivity contribution is -0.300. The van der Waals surface area contributed by atoms with Gasteiger partial charge in [-0.15, -0.1) is 0 Å². The van der Waals surface area contributed by atoms with Gasteiger partial charge in [0.05, 0.1) is 31.8 Å². The summed E-state index contributed by atoms with van der Waals surface area (Å²) >= 11 is 0. The van der Waals surface area contributed by atoms with Crippen LogP contribution in [-0.2, 0) is 35.9 Å². The van der Waals surface area contributed by atoms with Crippen molar-refractivity contribution in [3.63, 3.8) is 0 Å². The predicted molar refractivity (Wildman–Crippen MR) is 181 cm³/mol. The van der Waals surface area contributed by atoms with Gasteiger partial charge < -0.3 is 24.4 Å². The number of ether oxygens (including phenoxy) is 2. The van der Waals surface area contributed by atoms with E-state index in [0.29, 0.717) is 17.2 Å². The van der Waals surface area contributed by atoms with Crippen molar-refractivity contribution in [1.29, 1.82) is 0 Å². The van der Waals surface area contributed by atoms with Crippen LogP contribution in [0.4, 0.5) is 11.4 Å². The summed E-state index contributed by atoms with van der Waals surface area (Å²) in [7, 11) is -5.27. The molecule has 2 heterocycles. The van der Waals surface area contributed by atoms with E-state index in [9.17, 15) is 35.8 Å². The molecule has 0 radical (unpaired) electrons. The van der Waals surface area contributed by atoms with E-state index < -0.39 is 60.2 Å². The molecule has 0 amide bonds. The number of hydrogen-bond acceptors (Lipinski definition) is 10. The molecular formula is C34H41N2O10S2-. The quantitative estimate of drug-likeness (QED) is 0.244. The summed E-state index contributed by atoms with van der Waals surface area (Å²) in [5, 5.41) is 13.7. The minimum Gasteiger partial charge on any atom is -0.871 e. The van der Waals surface area contributed by atoms with E-state index in [1.807, 2.05) is 61.8 Å². The molecule has 0 aromatic heterocycles. The lowest BCUT2D eigenvalue weighted by Gasteiger charge is -2.37. The zero-order chi connectivity index (χ0) is 35.4. The number of nitrogens with zero attached hydrogens (tertiary/aromatic N) is 2. The summed E-state index contributed by atoms with van der Waals surface area (Å²) in [6.07, 6.45) is 3.45. The van der Waals surface area contributed by atoms with Crippen LogP contribution in [0.15, 0.2) is 71.2 Å². The number of Topliss-reactive ketones (excluding diaryl/α,β-unsaturated/α-hetero) is 1. The van der Waals surface area contributed by atoms with Crippen LogP contribution in [0.1, 0.15) is 51.7 Å². The highest BCUT2D eigenvalue weighted by atomic mass is 32.2. The Morgan fingerprint density at radius 3 is 1.94 bits per heavy atom. The molecule has 0 fully saturated rings. The van der Waals surface area contributed by atoms with Crippen LogP contribution in [0.5, 0.6) is 11.5 Å². The Morgan fingerprint density at radius 1 is 0.854 bits per heavy atom. The van der Waals surface area contributed by atoms with Gasteiger partial charge in [-0.25, -0.2) is 0 Å². The molecule has 0 saturated heterocycles. The van der Waals surface area contributed by atoms with Gasteiger partial charge in [-0.05, 0) is 66.4 Å². The Balaban J connectivity index is 1.53. The first-order chi connectivity index (χ1) is 22.3. The molecule has 260 valence electrons. The summed E-state index contributed by atoms with van der Waals surface area (Å²) in [4.78, 5) is 17.6. The zero-order valence-corrected chi connectivity index (χ0v) is 29.4. The molecule has 5 rings (SSSR count). The number of methoxy groups -OCH3 is 2. The van der Waals surface area contributed by atoms with Crippen molar-refractivity contribution in [3.05, 3.63) is 82.3 Å². The summed E-state index contributed by atoms with van der Waals surface area (Å²) < 4.78 is 75.4. The highest BCUT2D eigenvalue weighted by Gasteiger charge is 2.46. The third kappa shape index (κ3) is 6.58. The number of anilines is 2. The molecule has 2 N–H and O–H groups in total. The molecule has 2 aromatic carbocycles. The van der Waals surface area contributed by atoms with Gasteiger partial charge in [-0.1, -0.05) is 39.5 Å². The molecule has 3 aliphatic rings. The van der Waals surface area contributed by atoms with E-state index in [0.717, 1.165) is 22.5 Å². The van der Waals surface area contributed by atoms with E-state index in [-0.39, 0.29) is 37.1 Å². The molecule has 0 spiro atoms. The van der Waals surface area contributed by atoms with E-state index >= 15 is 0 Å². The van der Waals surface area contributed by atoms with Crippen LogP contribution in [0.2, 0.25) is 0 Å². The average Bonchev–Trinajstić information content (AvgIpc) is 3.34. The third-order valence-corrected chi connectivity index (χ3v) is 11.2. The van der Waals surface area contributed by atoms with Gasteiger partial charge in [-0.3, -0.25) is 13.9 Å². The predicted octanol–water partition coefficient (Wildman–Crippen LogP) is 3.53. The van der Waals surface area contributed by atoms with Gasteiger partial charge >= 0.3 is 0 Å². The molecule has 1 aliphatic carbocycles. The Kier molecular flexibility index (Phi) is 9.27. The highest BCUT2D eigenvalue weighted by molar-refractivity contribution is 7.86. The molecule has 48 heavy (non-hydrogen) atoms. The second-order valence-corrected chi connectivity index (χ2v) is 16.5. The van der Waals surface area contributed by atoms with Crippen molar-refractivity contribution in [1.82, 2.24) is 0 Å². The van der Waals surface area contributed by atoms with Crippen LogP contribution in [0.25, 0.3) is 0 Å². The first-order valence-electron chi connectivity index (χ1n) is 15.5. The standard InChI is InChI=1S/C34H42N2O10S2/c1-33(2)25-17-21(45-5)9-11-27(25)35(13-7-15-47(39,40)41)29(33)19-23-31(37)24(32(23)38)20-30-34(3,4)26-18-22(46-6)10-12-28(26)36(30)14-8-16-48(42,43)44/h9-12,17-20,29,37H,7-8,13-16H2,1-6H3,(H,39,40,41)(H,42,43,44)/p-1/b23-19?,30-20+. The number of benzene rings is 2. The van der Waals surface area contributed by atoms with E-state index in [2.05, 4.69) is 0 Å². The second-order valence-electron chi connectivity index (χ2n) is 13.4. The molecule has 0 saturated carbocycles. The number of carbonyl (C=O) groups is 1. The molecule has 0 bridgehead atoms. The van der Waals surface area contributed by atoms with E-state index in [1.54, 1.807) is 38.5 Å². The van der Waals surface area contributed by atoms with Gasteiger partial charge in [0.25, 0.3) is 20.2 Å². The number of rotatable bonds is 12. The third-order valence-electron chi connectivity index (χ3n) is 9.55. The highest BCUT2D eigenvalue weighted by Crippen LogP contribution is 2.51. The van der Waals surface area contributed by atoms with Gasteiger partial charge in [0, 0.05) is 52.1 Å². The smallest absolute Gasteiger partial charge is 0.264 e. The van der Waals surface area contributed by atoms with E-state index in [1.165, 1.54) is 0 Å². The summed E-state index contributed by atoms with van der Waals surface area (Å²) in [6.45, 7) is 8.31. The van der Waals surface area contributed by atoms with E-state index in [4.69, 9.17) is 9.47 Å². The fourth-order valence-electron chi connectivity index (χ4n) is 6.98. The van der Waals surface area contributed by atoms with Crippen molar-refractivity contribution >= 4 is 37.4 Å². The maximum Gasteiger partial charge on any atom is 0.264 e. The monoisotopic (exact) mass is 701 g/mol. The normalized spacial score (nSPS) is 21.5.